The van der Waals surface area contributed by atoms with E-state index in [4.69, 9.17) is 0 Å². The summed E-state index contributed by atoms with van der Waals surface area (Å²) in [7, 11) is 0. The summed E-state index contributed by atoms with van der Waals surface area (Å²) in [5.74, 6) is 0.319. The molecular weight excluding hydrogens is 426 g/mol. The van der Waals surface area contributed by atoms with Crippen LogP contribution in [0.4, 0.5) is 0 Å². The highest BCUT2D eigenvalue weighted by Crippen LogP contribution is 2.30. The highest BCUT2D eigenvalue weighted by atomic mass is 16.3. The fourth-order valence-electron chi connectivity index (χ4n) is 5.31. The lowest BCUT2D eigenvalue weighted by atomic mass is 9.80. The van der Waals surface area contributed by atoms with Crippen LogP contribution < -0.4 is 5.32 Å². The Balaban J connectivity index is 2.30. The number of amides is 2. The molecule has 1 aliphatic rings. The van der Waals surface area contributed by atoms with E-state index < -0.39 is 6.10 Å². The molecule has 1 atom stereocenters. The Bertz CT molecular complexity index is 625. The van der Waals surface area contributed by atoms with Gasteiger partial charge >= 0.3 is 0 Å². The molecule has 1 aliphatic heterocycles. The minimum Gasteiger partial charge on any atom is -0.393 e. The zero-order valence-corrected chi connectivity index (χ0v) is 23.6. The molecule has 6 heteroatoms. The fourth-order valence-corrected chi connectivity index (χ4v) is 5.31. The van der Waals surface area contributed by atoms with Crippen LogP contribution in [0.25, 0.3) is 0 Å². The Morgan fingerprint density at radius 2 is 1.65 bits per heavy atom. The molecular formula is C28H55N3O3. The third-order valence-corrected chi connectivity index (χ3v) is 6.92. The Morgan fingerprint density at radius 1 is 1.00 bits per heavy atom. The minimum absolute atomic E-state index is 0.113. The SMILES string of the molecule is CCCCC(C)(C)C(O)CCN1C(=O)CCN1CCCCCCC(=O)NC(C)(C)CC(C)(C)C. The second-order valence-corrected chi connectivity index (χ2v) is 13.0. The summed E-state index contributed by atoms with van der Waals surface area (Å²) < 4.78 is 0. The maximum absolute atomic E-state index is 12.4. The van der Waals surface area contributed by atoms with E-state index in [0.717, 1.165) is 64.5 Å². The van der Waals surface area contributed by atoms with Crippen molar-refractivity contribution in [2.45, 2.75) is 138 Å². The number of hydrogen-bond acceptors (Lipinski definition) is 4. The van der Waals surface area contributed by atoms with Crippen LogP contribution in [0.3, 0.4) is 0 Å². The number of nitrogens with zero attached hydrogens (tertiary/aromatic N) is 2. The number of aliphatic hydroxyl groups is 1. The Hall–Kier alpha value is -1.14. The van der Waals surface area contributed by atoms with Gasteiger partial charge in [0, 0.05) is 38.0 Å². The average Bonchev–Trinajstić information content (AvgIpc) is 3.04. The van der Waals surface area contributed by atoms with Gasteiger partial charge in [-0.2, -0.15) is 0 Å². The van der Waals surface area contributed by atoms with Crippen molar-refractivity contribution in [2.24, 2.45) is 10.8 Å². The van der Waals surface area contributed by atoms with E-state index in [-0.39, 0.29) is 28.2 Å². The summed E-state index contributed by atoms with van der Waals surface area (Å²) in [5, 5.41) is 17.9. The molecule has 1 unspecified atom stereocenters. The number of carbonyl (C=O) groups excluding carboxylic acids is 2. The second-order valence-electron chi connectivity index (χ2n) is 13.0. The van der Waals surface area contributed by atoms with Crippen LogP contribution in [0.5, 0.6) is 0 Å². The maximum Gasteiger partial charge on any atom is 0.238 e. The van der Waals surface area contributed by atoms with Crippen molar-refractivity contribution in [1.82, 2.24) is 15.3 Å². The Morgan fingerprint density at radius 3 is 2.26 bits per heavy atom. The second kappa shape index (κ2) is 13.8. The third-order valence-electron chi connectivity index (χ3n) is 6.92. The molecule has 34 heavy (non-hydrogen) atoms. The minimum atomic E-state index is -0.395. The molecule has 0 spiro atoms. The molecule has 0 aromatic rings. The molecule has 6 nitrogen and oxygen atoms in total. The summed E-state index contributed by atoms with van der Waals surface area (Å²) >= 11 is 0. The quantitative estimate of drug-likeness (QED) is 0.278. The van der Waals surface area contributed by atoms with Gasteiger partial charge in [-0.1, -0.05) is 67.2 Å². The van der Waals surface area contributed by atoms with Crippen molar-refractivity contribution in [3.63, 3.8) is 0 Å². The molecule has 0 saturated carbocycles. The molecule has 0 bridgehead atoms. The summed E-state index contributed by atoms with van der Waals surface area (Å²) in [4.78, 5) is 24.7. The maximum atomic E-state index is 12.4. The number of rotatable bonds is 16. The van der Waals surface area contributed by atoms with Crippen molar-refractivity contribution in [1.29, 1.82) is 0 Å². The van der Waals surface area contributed by atoms with Crippen LogP contribution in [0.15, 0.2) is 0 Å². The van der Waals surface area contributed by atoms with Gasteiger partial charge < -0.3 is 10.4 Å². The lowest BCUT2D eigenvalue weighted by Crippen LogP contribution is -2.45. The van der Waals surface area contributed by atoms with Gasteiger partial charge in [0.15, 0.2) is 0 Å². The van der Waals surface area contributed by atoms with Gasteiger partial charge in [-0.25, -0.2) is 5.01 Å². The lowest BCUT2D eigenvalue weighted by Gasteiger charge is -2.34. The van der Waals surface area contributed by atoms with Crippen molar-refractivity contribution in [3.8, 4) is 0 Å². The predicted octanol–water partition coefficient (Wildman–Crippen LogP) is 5.68. The number of unbranched alkanes of at least 4 members (excludes halogenated alkanes) is 4. The van der Waals surface area contributed by atoms with E-state index >= 15 is 0 Å². The van der Waals surface area contributed by atoms with E-state index in [0.29, 0.717) is 25.8 Å². The fraction of sp³-hybridized carbons (Fsp3) is 0.929. The van der Waals surface area contributed by atoms with Crippen LogP contribution in [0.1, 0.15) is 126 Å². The molecule has 2 amide bonds. The van der Waals surface area contributed by atoms with E-state index in [9.17, 15) is 14.7 Å². The molecule has 1 heterocycles. The van der Waals surface area contributed by atoms with Crippen LogP contribution in [0.2, 0.25) is 0 Å². The molecule has 1 fully saturated rings. The molecule has 1 saturated heterocycles. The first-order valence-corrected chi connectivity index (χ1v) is 13.7. The molecule has 0 aromatic carbocycles. The van der Waals surface area contributed by atoms with Crippen molar-refractivity contribution >= 4 is 11.8 Å². The molecule has 1 rings (SSSR count). The van der Waals surface area contributed by atoms with E-state index in [1.54, 1.807) is 0 Å². The molecule has 2 N–H and O–H groups in total. The van der Waals surface area contributed by atoms with E-state index in [2.05, 4.69) is 65.7 Å². The largest absolute Gasteiger partial charge is 0.393 e. The summed E-state index contributed by atoms with van der Waals surface area (Å²) in [5.41, 5.74) is -0.108. The van der Waals surface area contributed by atoms with Gasteiger partial charge in [-0.3, -0.25) is 14.6 Å². The van der Waals surface area contributed by atoms with E-state index in [1.165, 1.54) is 0 Å². The monoisotopic (exact) mass is 481 g/mol. The molecule has 0 aliphatic carbocycles. The van der Waals surface area contributed by atoms with Gasteiger partial charge in [-0.05, 0) is 56.8 Å². The third kappa shape index (κ3) is 12.0. The molecule has 0 aromatic heterocycles. The van der Waals surface area contributed by atoms with Crippen molar-refractivity contribution < 1.29 is 14.7 Å². The van der Waals surface area contributed by atoms with E-state index in [1.807, 2.05) is 5.01 Å². The van der Waals surface area contributed by atoms with Gasteiger partial charge in [0.25, 0.3) is 0 Å². The average molecular weight is 482 g/mol. The van der Waals surface area contributed by atoms with Crippen molar-refractivity contribution in [2.75, 3.05) is 19.6 Å². The highest BCUT2D eigenvalue weighted by molar-refractivity contribution is 5.77. The zero-order valence-electron chi connectivity index (χ0n) is 23.6. The van der Waals surface area contributed by atoms with Crippen LogP contribution in [-0.2, 0) is 9.59 Å². The summed E-state index contributed by atoms with van der Waals surface area (Å²) in [6.45, 7) is 19.5. The normalized spacial score (nSPS) is 16.9. The smallest absolute Gasteiger partial charge is 0.238 e. The Kier molecular flexibility index (Phi) is 12.6. The first-order valence-electron chi connectivity index (χ1n) is 13.7. The standard InChI is InChI=1S/C28H55N3O3/c1-9-10-18-27(5,6)23(32)16-21-31-25(34)17-20-30(31)19-14-12-11-13-15-24(33)29-28(7,8)22-26(2,3)4/h23,32H,9-22H2,1-8H3,(H,29,33). The zero-order chi connectivity index (χ0) is 26.0. The number of hydrazine groups is 1. The first kappa shape index (κ1) is 30.9. The number of carbonyl (C=O) groups is 2. The van der Waals surface area contributed by atoms with Crippen LogP contribution >= 0.6 is 0 Å². The summed E-state index contributed by atoms with van der Waals surface area (Å²) in [6.07, 6.45) is 9.59. The molecule has 200 valence electrons. The lowest BCUT2D eigenvalue weighted by molar-refractivity contribution is -0.139. The number of aliphatic hydroxyl groups excluding tert-OH is 1. The van der Waals surface area contributed by atoms with Gasteiger partial charge in [-0.15, -0.1) is 0 Å². The molecule has 0 radical (unpaired) electrons. The predicted molar refractivity (Wildman–Crippen MR) is 141 cm³/mol. The van der Waals surface area contributed by atoms with Gasteiger partial charge in [0.05, 0.1) is 6.10 Å². The highest BCUT2D eigenvalue weighted by Gasteiger charge is 2.32. The van der Waals surface area contributed by atoms with Gasteiger partial charge in [0.2, 0.25) is 11.8 Å². The summed E-state index contributed by atoms with van der Waals surface area (Å²) in [6, 6.07) is 0. The van der Waals surface area contributed by atoms with Crippen LogP contribution in [-0.4, -0.2) is 58.2 Å². The van der Waals surface area contributed by atoms with Crippen molar-refractivity contribution in [3.05, 3.63) is 0 Å². The first-order chi connectivity index (χ1) is 15.7. The van der Waals surface area contributed by atoms with Gasteiger partial charge in [0.1, 0.15) is 0 Å². The van der Waals surface area contributed by atoms with Crippen LogP contribution in [0, 0.1) is 10.8 Å². The Labute approximate surface area is 210 Å². The number of hydrogen-bond donors (Lipinski definition) is 2. The number of nitrogens with one attached hydrogen (secondary N) is 1. The topological polar surface area (TPSA) is 72.9 Å².